The van der Waals surface area contributed by atoms with E-state index in [1.54, 1.807) is 16.7 Å². The van der Waals surface area contributed by atoms with E-state index in [9.17, 15) is 24.3 Å². The number of carboxylic acids is 1. The van der Waals surface area contributed by atoms with Crippen LogP contribution < -0.4 is 14.5 Å². The lowest BCUT2D eigenvalue weighted by Gasteiger charge is -2.35. The Morgan fingerprint density at radius 1 is 1.09 bits per heavy atom. The van der Waals surface area contributed by atoms with E-state index in [1.165, 1.54) is 0 Å². The summed E-state index contributed by atoms with van der Waals surface area (Å²) in [4.78, 5) is 48.0. The first kappa shape index (κ1) is 23.8. The van der Waals surface area contributed by atoms with Crippen molar-refractivity contribution in [2.24, 2.45) is 0 Å². The number of piperazine rings is 1. The molecule has 1 aromatic rings. The summed E-state index contributed by atoms with van der Waals surface area (Å²) in [5.41, 5.74) is -0.314. The molecule has 1 N–H and O–H groups in total. The smallest absolute Gasteiger partial charge is 0.373 e. The predicted molar refractivity (Wildman–Crippen MR) is 116 cm³/mol. The van der Waals surface area contributed by atoms with Crippen molar-refractivity contribution in [1.82, 2.24) is 14.9 Å². The van der Waals surface area contributed by atoms with E-state index in [1.807, 2.05) is 4.90 Å². The molecule has 0 unspecified atom stereocenters. The Morgan fingerprint density at radius 3 is 2.31 bits per heavy atom. The van der Waals surface area contributed by atoms with Gasteiger partial charge in [-0.1, -0.05) is 11.2 Å². The molecule has 3 heterocycles. The van der Waals surface area contributed by atoms with Crippen molar-refractivity contribution < 1.29 is 28.9 Å². The molecular formula is C18H26N6O7S. The number of aromatic nitrogens is 2. The van der Waals surface area contributed by atoms with Crippen LogP contribution in [0.25, 0.3) is 0 Å². The van der Waals surface area contributed by atoms with Crippen LogP contribution in [0.15, 0.2) is 0 Å². The molecule has 2 fully saturated rings. The Bertz CT molecular complexity index is 856. The molecule has 1 amide bonds. The fourth-order valence-electron chi connectivity index (χ4n) is 3.55. The number of nitro groups is 1. The highest BCUT2D eigenvalue weighted by Gasteiger charge is 2.34. The summed E-state index contributed by atoms with van der Waals surface area (Å²) in [6.07, 6.45) is -0.273. The molecule has 2 saturated heterocycles. The average Bonchev–Trinajstić information content (AvgIpc) is 2.77. The number of carbonyl (C=O) groups excluding carboxylic acids is 1. The third kappa shape index (κ3) is 5.68. The van der Waals surface area contributed by atoms with Gasteiger partial charge in [0, 0.05) is 32.6 Å². The second kappa shape index (κ2) is 10.6. The van der Waals surface area contributed by atoms with Crippen LogP contribution in [0.1, 0.15) is 19.8 Å². The van der Waals surface area contributed by atoms with Gasteiger partial charge in [-0.05, 0) is 6.92 Å². The second-order valence-electron chi connectivity index (χ2n) is 7.29. The van der Waals surface area contributed by atoms with Gasteiger partial charge in [-0.15, -0.1) is 0 Å². The monoisotopic (exact) mass is 470 g/mol. The molecule has 0 radical (unpaired) electrons. The van der Waals surface area contributed by atoms with Crippen molar-refractivity contribution in [3.8, 4) is 5.88 Å². The molecule has 13 nitrogen and oxygen atoms in total. The molecule has 0 aliphatic carbocycles. The SMILES string of the molecule is CCOc1nc(N2CCN(C(=O)CCC(=O)O)CC2)nc(N2CC[S+]([O-])CC2)c1[N+](=O)[O-]. The largest absolute Gasteiger partial charge is 0.616 e. The van der Waals surface area contributed by atoms with Gasteiger partial charge >= 0.3 is 17.5 Å². The summed E-state index contributed by atoms with van der Waals surface area (Å²) in [5.74, 6) is -0.167. The highest BCUT2D eigenvalue weighted by molar-refractivity contribution is 7.91. The lowest BCUT2D eigenvalue weighted by atomic mass is 10.2. The van der Waals surface area contributed by atoms with Crippen LogP contribution in [-0.4, -0.2) is 98.7 Å². The number of nitrogens with zero attached hydrogens (tertiary/aromatic N) is 6. The van der Waals surface area contributed by atoms with Crippen LogP contribution in [0, 0.1) is 10.1 Å². The number of hydrogen-bond acceptors (Lipinski definition) is 10. The normalized spacial score (nSPS) is 17.4. The fourth-order valence-corrected chi connectivity index (χ4v) is 4.60. The Labute approximate surface area is 187 Å². The summed E-state index contributed by atoms with van der Waals surface area (Å²) >= 11 is -0.955. The number of rotatable bonds is 8. The van der Waals surface area contributed by atoms with Gasteiger partial charge in [0.25, 0.3) is 0 Å². The fraction of sp³-hybridized carbons (Fsp3) is 0.667. The molecule has 2 aliphatic rings. The molecule has 14 heteroatoms. The van der Waals surface area contributed by atoms with Crippen molar-refractivity contribution in [3.05, 3.63) is 10.1 Å². The Kier molecular flexibility index (Phi) is 7.90. The van der Waals surface area contributed by atoms with Crippen LogP contribution in [-0.2, 0) is 20.8 Å². The molecule has 0 aromatic carbocycles. The summed E-state index contributed by atoms with van der Waals surface area (Å²) in [6, 6.07) is 0. The zero-order chi connectivity index (χ0) is 23.3. The van der Waals surface area contributed by atoms with Crippen molar-refractivity contribution in [3.63, 3.8) is 0 Å². The minimum atomic E-state index is -1.02. The van der Waals surface area contributed by atoms with E-state index in [0.29, 0.717) is 50.8 Å². The zero-order valence-electron chi connectivity index (χ0n) is 17.8. The number of hydrogen-bond donors (Lipinski definition) is 1. The predicted octanol–water partition coefficient (Wildman–Crippen LogP) is -0.134. The molecule has 176 valence electrons. The van der Waals surface area contributed by atoms with Gasteiger partial charge in [-0.2, -0.15) is 9.97 Å². The van der Waals surface area contributed by atoms with Gasteiger partial charge in [0.05, 0.1) is 31.0 Å². The van der Waals surface area contributed by atoms with Crippen molar-refractivity contribution in [2.45, 2.75) is 19.8 Å². The molecule has 32 heavy (non-hydrogen) atoms. The van der Waals surface area contributed by atoms with Crippen LogP contribution in [0.5, 0.6) is 5.88 Å². The topological polar surface area (TPSA) is 165 Å². The highest BCUT2D eigenvalue weighted by atomic mass is 32.2. The number of carboxylic acid groups (broad SMARTS) is 1. The van der Waals surface area contributed by atoms with Crippen LogP contribution in [0.2, 0.25) is 0 Å². The summed E-state index contributed by atoms with van der Waals surface area (Å²) in [5, 5.41) is 20.6. The molecule has 0 bridgehead atoms. The quantitative estimate of drug-likeness (QED) is 0.305. The Hall–Kier alpha value is -2.87. The third-order valence-corrected chi connectivity index (χ3v) is 6.51. The molecule has 0 saturated carbocycles. The van der Waals surface area contributed by atoms with Crippen LogP contribution in [0.4, 0.5) is 17.5 Å². The highest BCUT2D eigenvalue weighted by Crippen LogP contribution is 2.37. The van der Waals surface area contributed by atoms with E-state index in [4.69, 9.17) is 9.84 Å². The van der Waals surface area contributed by atoms with E-state index in [0.717, 1.165) is 0 Å². The standard InChI is InChI=1S/C18H26N6O7S/c1-2-31-17-15(24(28)29)16(22-9-11-32(30)12-10-22)19-18(20-17)23-7-5-21(6-8-23)13(25)3-4-14(26)27/h2-12H2,1H3,(H,26,27). The number of carbonyl (C=O) groups is 2. The van der Waals surface area contributed by atoms with E-state index in [-0.39, 0.29) is 48.7 Å². The maximum atomic E-state index is 12.2. The summed E-state index contributed by atoms with van der Waals surface area (Å²) in [7, 11) is 0. The van der Waals surface area contributed by atoms with Gasteiger partial charge in [-0.25, -0.2) is 0 Å². The number of aliphatic carboxylic acids is 1. The maximum Gasteiger partial charge on any atom is 0.373 e. The van der Waals surface area contributed by atoms with Crippen molar-refractivity contribution in [1.29, 1.82) is 0 Å². The van der Waals surface area contributed by atoms with Gasteiger partial charge in [-0.3, -0.25) is 19.7 Å². The summed E-state index contributed by atoms with van der Waals surface area (Å²) < 4.78 is 17.2. The first-order chi connectivity index (χ1) is 15.3. The van der Waals surface area contributed by atoms with Gasteiger partial charge in [0.2, 0.25) is 17.7 Å². The molecule has 3 rings (SSSR count). The second-order valence-corrected chi connectivity index (χ2v) is 8.98. The number of ether oxygens (including phenoxy) is 1. The first-order valence-electron chi connectivity index (χ1n) is 10.3. The number of anilines is 2. The molecule has 1 aromatic heterocycles. The molecular weight excluding hydrogens is 444 g/mol. The maximum absolute atomic E-state index is 12.2. The van der Waals surface area contributed by atoms with Gasteiger partial charge in [0.15, 0.2) is 0 Å². The van der Waals surface area contributed by atoms with E-state index in [2.05, 4.69) is 9.97 Å². The first-order valence-corrected chi connectivity index (χ1v) is 11.8. The average molecular weight is 471 g/mol. The summed E-state index contributed by atoms with van der Waals surface area (Å²) in [6.45, 7) is 4.16. The van der Waals surface area contributed by atoms with Gasteiger partial charge in [0.1, 0.15) is 11.5 Å². The van der Waals surface area contributed by atoms with Gasteiger partial charge < -0.3 is 29.1 Å². The van der Waals surface area contributed by atoms with Crippen LogP contribution in [0.3, 0.4) is 0 Å². The van der Waals surface area contributed by atoms with Crippen molar-refractivity contribution in [2.75, 3.05) is 67.2 Å². The number of amides is 1. The minimum Gasteiger partial charge on any atom is -0.616 e. The van der Waals surface area contributed by atoms with Crippen molar-refractivity contribution >= 4 is 40.5 Å². The molecule has 0 atom stereocenters. The van der Waals surface area contributed by atoms with Crippen LogP contribution >= 0.6 is 0 Å². The lowest BCUT2D eigenvalue weighted by Crippen LogP contribution is -2.49. The minimum absolute atomic E-state index is 0.0572. The van der Waals surface area contributed by atoms with E-state index < -0.39 is 22.1 Å². The zero-order valence-corrected chi connectivity index (χ0v) is 18.6. The Balaban J connectivity index is 1.81. The molecule has 0 spiro atoms. The third-order valence-electron chi connectivity index (χ3n) is 5.23. The van der Waals surface area contributed by atoms with E-state index >= 15 is 0 Å². The Morgan fingerprint density at radius 2 is 1.75 bits per heavy atom. The lowest BCUT2D eigenvalue weighted by molar-refractivity contribution is -0.385. The molecule has 2 aliphatic heterocycles.